The Hall–Kier alpha value is -0.770. The molecule has 5 nitrogen and oxygen atoms in total. The number of rotatable bonds is 5. The van der Waals surface area contributed by atoms with Crippen LogP contribution in [0.15, 0.2) is 39.2 Å². The van der Waals surface area contributed by atoms with Gasteiger partial charge >= 0.3 is 0 Å². The Balaban J connectivity index is 1.57. The third kappa shape index (κ3) is 3.42. The lowest BCUT2D eigenvalue weighted by molar-refractivity contribution is 0.0943. The number of hydrogen-bond donors (Lipinski definition) is 1. The lowest BCUT2D eigenvalue weighted by atomic mass is 10.2. The molecule has 0 aliphatic carbocycles. The Labute approximate surface area is 138 Å². The van der Waals surface area contributed by atoms with Crippen molar-refractivity contribution < 1.29 is 13.5 Å². The maximum absolute atomic E-state index is 12.4. The van der Waals surface area contributed by atoms with E-state index in [0.29, 0.717) is 36.9 Å². The Morgan fingerprint density at radius 2 is 1.77 bits per heavy atom. The van der Waals surface area contributed by atoms with E-state index >= 15 is 0 Å². The van der Waals surface area contributed by atoms with Crippen LogP contribution in [0, 0.1) is 0 Å². The zero-order valence-electron chi connectivity index (χ0n) is 12.0. The standard InChI is InChI=1S/C14H18N2O3S3/c17-12(13-3-1-9-20-13)11-15-5-7-16(8-6-15)22(18,19)14-4-2-10-21-14/h1-4,9-10,12,17H,5-8,11H2. The first-order chi connectivity index (χ1) is 10.6. The summed E-state index contributed by atoms with van der Waals surface area (Å²) < 4.78 is 26.8. The van der Waals surface area contributed by atoms with E-state index in [2.05, 4.69) is 4.90 Å². The van der Waals surface area contributed by atoms with Crippen LogP contribution < -0.4 is 0 Å². The summed E-state index contributed by atoms with van der Waals surface area (Å²) >= 11 is 2.79. The van der Waals surface area contributed by atoms with E-state index in [0.717, 1.165) is 4.88 Å². The normalized spacial score (nSPS) is 19.3. The number of aliphatic hydroxyl groups excluding tert-OH is 1. The Kier molecular flexibility index (Phi) is 4.96. The molecule has 1 unspecified atom stereocenters. The molecule has 8 heteroatoms. The molecule has 0 radical (unpaired) electrons. The highest BCUT2D eigenvalue weighted by molar-refractivity contribution is 7.91. The summed E-state index contributed by atoms with van der Waals surface area (Å²) in [5, 5.41) is 13.9. The van der Waals surface area contributed by atoms with Crippen LogP contribution in [0.5, 0.6) is 0 Å². The number of thiophene rings is 2. The zero-order valence-corrected chi connectivity index (χ0v) is 14.4. The van der Waals surface area contributed by atoms with Crippen LogP contribution in [0.4, 0.5) is 0 Å². The van der Waals surface area contributed by atoms with Gasteiger partial charge in [0, 0.05) is 37.6 Å². The molecular formula is C14H18N2O3S3. The van der Waals surface area contributed by atoms with Gasteiger partial charge in [-0.15, -0.1) is 22.7 Å². The van der Waals surface area contributed by atoms with Gasteiger partial charge in [0.2, 0.25) is 0 Å². The molecule has 0 amide bonds. The average molecular weight is 359 g/mol. The first kappa shape index (κ1) is 16.1. The molecule has 0 saturated carbocycles. The van der Waals surface area contributed by atoms with Crippen molar-refractivity contribution in [3.63, 3.8) is 0 Å². The Bertz CT molecular complexity index is 675. The van der Waals surface area contributed by atoms with Crippen LogP contribution in [-0.2, 0) is 10.0 Å². The Morgan fingerprint density at radius 1 is 1.09 bits per heavy atom. The van der Waals surface area contributed by atoms with Crippen LogP contribution in [0.25, 0.3) is 0 Å². The summed E-state index contributed by atoms with van der Waals surface area (Å²) in [6.07, 6.45) is -0.500. The van der Waals surface area contributed by atoms with Gasteiger partial charge < -0.3 is 5.11 Å². The largest absolute Gasteiger partial charge is 0.386 e. The van der Waals surface area contributed by atoms with E-state index in [1.165, 1.54) is 15.6 Å². The minimum atomic E-state index is -3.35. The fourth-order valence-corrected chi connectivity index (χ4v) is 5.78. The van der Waals surface area contributed by atoms with Crippen LogP contribution >= 0.6 is 22.7 Å². The fourth-order valence-electron chi connectivity index (χ4n) is 2.51. The van der Waals surface area contributed by atoms with Gasteiger partial charge in [0.05, 0.1) is 0 Å². The minimum Gasteiger partial charge on any atom is -0.386 e. The van der Waals surface area contributed by atoms with Crippen molar-refractivity contribution in [2.75, 3.05) is 32.7 Å². The van der Waals surface area contributed by atoms with Crippen molar-refractivity contribution >= 4 is 32.7 Å². The minimum absolute atomic E-state index is 0.402. The van der Waals surface area contributed by atoms with Gasteiger partial charge in [-0.25, -0.2) is 8.42 Å². The number of piperazine rings is 1. The third-order valence-electron chi connectivity index (χ3n) is 3.72. The van der Waals surface area contributed by atoms with Crippen LogP contribution in [-0.4, -0.2) is 55.5 Å². The van der Waals surface area contributed by atoms with Crippen LogP contribution in [0.1, 0.15) is 11.0 Å². The molecule has 0 spiro atoms. The SMILES string of the molecule is O=S(=O)(c1cccs1)N1CCN(CC(O)c2cccs2)CC1. The summed E-state index contributed by atoms with van der Waals surface area (Å²) in [5.41, 5.74) is 0. The molecule has 0 bridgehead atoms. The van der Waals surface area contributed by atoms with E-state index < -0.39 is 16.1 Å². The quantitative estimate of drug-likeness (QED) is 0.886. The van der Waals surface area contributed by atoms with Crippen LogP contribution in [0.2, 0.25) is 0 Å². The number of β-amino-alcohol motifs (C(OH)–C–C–N with tert-alkyl or cyclic N) is 1. The molecule has 1 atom stereocenters. The van der Waals surface area contributed by atoms with Gasteiger partial charge in [-0.1, -0.05) is 12.1 Å². The van der Waals surface area contributed by atoms with E-state index in [4.69, 9.17) is 0 Å². The van der Waals surface area contributed by atoms with Crippen LogP contribution in [0.3, 0.4) is 0 Å². The smallest absolute Gasteiger partial charge is 0.252 e. The summed E-state index contributed by atoms with van der Waals surface area (Å²) in [5.74, 6) is 0. The molecule has 2 aromatic rings. The first-order valence-electron chi connectivity index (χ1n) is 7.05. The van der Waals surface area contributed by atoms with E-state index in [-0.39, 0.29) is 0 Å². The predicted molar refractivity (Wildman–Crippen MR) is 88.8 cm³/mol. The Morgan fingerprint density at radius 3 is 2.36 bits per heavy atom. The van der Waals surface area contributed by atoms with Gasteiger partial charge in [0.15, 0.2) is 0 Å². The molecule has 3 rings (SSSR count). The predicted octanol–water partition coefficient (Wildman–Crippen LogP) is 1.85. The van der Waals surface area contributed by atoms with E-state index in [1.54, 1.807) is 28.8 Å². The lowest BCUT2D eigenvalue weighted by Crippen LogP contribution is -2.49. The second-order valence-corrected chi connectivity index (χ2v) is 9.26. The molecule has 1 aliphatic rings. The molecular weight excluding hydrogens is 340 g/mol. The van der Waals surface area contributed by atoms with Crippen molar-refractivity contribution in [1.29, 1.82) is 0 Å². The number of nitrogens with zero attached hydrogens (tertiary/aromatic N) is 2. The highest BCUT2D eigenvalue weighted by Gasteiger charge is 2.29. The maximum atomic E-state index is 12.4. The topological polar surface area (TPSA) is 60.9 Å². The molecule has 120 valence electrons. The summed E-state index contributed by atoms with van der Waals surface area (Å²) in [6, 6.07) is 7.25. The second kappa shape index (κ2) is 6.77. The number of hydrogen-bond acceptors (Lipinski definition) is 6. The number of aliphatic hydroxyl groups is 1. The first-order valence-corrected chi connectivity index (χ1v) is 10.2. The van der Waals surface area contributed by atoms with Gasteiger partial charge in [-0.05, 0) is 22.9 Å². The zero-order chi connectivity index (χ0) is 15.6. The van der Waals surface area contributed by atoms with Crippen molar-refractivity contribution in [2.45, 2.75) is 10.3 Å². The highest BCUT2D eigenvalue weighted by atomic mass is 32.2. The molecule has 3 heterocycles. The van der Waals surface area contributed by atoms with Crippen molar-refractivity contribution in [2.24, 2.45) is 0 Å². The van der Waals surface area contributed by atoms with E-state index in [9.17, 15) is 13.5 Å². The third-order valence-corrected chi connectivity index (χ3v) is 7.97. The molecule has 1 fully saturated rings. The summed E-state index contributed by atoms with van der Waals surface area (Å²) in [6.45, 7) is 2.78. The monoisotopic (exact) mass is 358 g/mol. The molecule has 0 aromatic carbocycles. The molecule has 1 saturated heterocycles. The summed E-state index contributed by atoms with van der Waals surface area (Å²) in [7, 11) is -3.35. The summed E-state index contributed by atoms with van der Waals surface area (Å²) in [4.78, 5) is 3.07. The number of sulfonamides is 1. The van der Waals surface area contributed by atoms with Gasteiger partial charge in [-0.2, -0.15) is 4.31 Å². The van der Waals surface area contributed by atoms with Crippen molar-refractivity contribution in [3.8, 4) is 0 Å². The van der Waals surface area contributed by atoms with Gasteiger partial charge in [0.1, 0.15) is 10.3 Å². The van der Waals surface area contributed by atoms with Crippen molar-refractivity contribution in [3.05, 3.63) is 39.9 Å². The fraction of sp³-hybridized carbons (Fsp3) is 0.429. The molecule has 1 N–H and O–H groups in total. The highest BCUT2D eigenvalue weighted by Crippen LogP contribution is 2.23. The second-order valence-electron chi connectivity index (χ2n) is 5.17. The maximum Gasteiger partial charge on any atom is 0.252 e. The molecule has 2 aromatic heterocycles. The lowest BCUT2D eigenvalue weighted by Gasteiger charge is -2.34. The molecule has 1 aliphatic heterocycles. The van der Waals surface area contributed by atoms with Crippen molar-refractivity contribution in [1.82, 2.24) is 9.21 Å². The van der Waals surface area contributed by atoms with Gasteiger partial charge in [-0.3, -0.25) is 4.90 Å². The average Bonchev–Trinajstić information content (AvgIpc) is 3.21. The molecule has 22 heavy (non-hydrogen) atoms. The van der Waals surface area contributed by atoms with Gasteiger partial charge in [0.25, 0.3) is 10.0 Å². The van der Waals surface area contributed by atoms with E-state index in [1.807, 2.05) is 17.5 Å².